The summed E-state index contributed by atoms with van der Waals surface area (Å²) in [6, 6.07) is 57.6. The summed E-state index contributed by atoms with van der Waals surface area (Å²) in [5.41, 5.74) is 24.1. The number of fused-ring (bicyclic) bond motifs is 19. The summed E-state index contributed by atoms with van der Waals surface area (Å²) in [4.78, 5) is 7.09. The Morgan fingerprint density at radius 2 is 0.970 bits per heavy atom. The summed E-state index contributed by atoms with van der Waals surface area (Å²) in [5, 5.41) is 4.71. The van der Waals surface area contributed by atoms with Gasteiger partial charge in [-0.3, -0.25) is 4.98 Å². The fourth-order valence-electron chi connectivity index (χ4n) is 12.6. The lowest BCUT2D eigenvalue weighted by Gasteiger charge is -2.32. The first-order chi connectivity index (χ1) is 32.0. The van der Waals surface area contributed by atoms with Crippen molar-refractivity contribution < 1.29 is 8.83 Å². The van der Waals surface area contributed by atoms with E-state index in [-0.39, 0.29) is 16.2 Å². The van der Waals surface area contributed by atoms with Gasteiger partial charge in [-0.1, -0.05) is 145 Å². The van der Waals surface area contributed by atoms with Crippen molar-refractivity contribution in [3.63, 3.8) is 0 Å². The monoisotopic (exact) mass is 850 g/mol. The highest BCUT2D eigenvalue weighted by Crippen LogP contribution is 2.64. The summed E-state index contributed by atoms with van der Waals surface area (Å²) >= 11 is 0. The van der Waals surface area contributed by atoms with E-state index in [1.165, 1.54) is 77.5 Å². The van der Waals surface area contributed by atoms with E-state index in [1.807, 2.05) is 18.5 Å². The molecule has 0 spiro atoms. The van der Waals surface area contributed by atoms with Crippen LogP contribution < -0.4 is 4.90 Å². The van der Waals surface area contributed by atoms with E-state index in [1.54, 1.807) is 0 Å². The van der Waals surface area contributed by atoms with Gasteiger partial charge in [0.1, 0.15) is 22.3 Å². The average Bonchev–Trinajstić information content (AvgIpc) is 4.09. The number of furan rings is 2. The Kier molecular flexibility index (Phi) is 7.28. The number of pyridine rings is 1. The van der Waals surface area contributed by atoms with E-state index in [4.69, 9.17) is 8.83 Å². The summed E-state index contributed by atoms with van der Waals surface area (Å²) in [5.74, 6) is 0. The molecule has 0 saturated heterocycles. The van der Waals surface area contributed by atoms with Crippen LogP contribution >= 0.6 is 0 Å². The van der Waals surface area contributed by atoms with Crippen molar-refractivity contribution in [3.8, 4) is 44.5 Å². The number of anilines is 3. The normalized spacial score (nSPS) is 15.5. The van der Waals surface area contributed by atoms with Crippen LogP contribution in [0.4, 0.5) is 17.1 Å². The van der Waals surface area contributed by atoms with Crippen LogP contribution in [0.3, 0.4) is 0 Å². The van der Waals surface area contributed by atoms with Crippen molar-refractivity contribution in [1.29, 1.82) is 0 Å². The highest BCUT2D eigenvalue weighted by atomic mass is 16.3. The number of hydrogen-bond acceptors (Lipinski definition) is 4. The third-order valence-electron chi connectivity index (χ3n) is 15.7. The van der Waals surface area contributed by atoms with Crippen LogP contribution in [0.15, 0.2) is 179 Å². The number of rotatable bonds is 4. The topological polar surface area (TPSA) is 42.4 Å². The lowest BCUT2D eigenvalue weighted by molar-refractivity contribution is 0.600. The Morgan fingerprint density at radius 3 is 1.67 bits per heavy atom. The number of hydrogen-bond donors (Lipinski definition) is 0. The molecule has 0 fully saturated rings. The van der Waals surface area contributed by atoms with E-state index >= 15 is 0 Å². The number of aromatic nitrogens is 1. The Labute approximate surface area is 383 Å². The first-order valence-electron chi connectivity index (χ1n) is 23.2. The maximum Gasteiger partial charge on any atom is 0.144 e. The minimum absolute atomic E-state index is 0.224. The van der Waals surface area contributed by atoms with E-state index in [9.17, 15) is 0 Å². The number of nitrogens with zero attached hydrogens (tertiary/aromatic N) is 2. The minimum atomic E-state index is -0.325. The van der Waals surface area contributed by atoms with Crippen LogP contribution in [-0.4, -0.2) is 4.98 Å². The van der Waals surface area contributed by atoms with Crippen molar-refractivity contribution in [3.05, 3.63) is 203 Å². The molecule has 0 radical (unpaired) electrons. The molecule has 11 aromatic rings. The van der Waals surface area contributed by atoms with E-state index < -0.39 is 0 Å². The Bertz CT molecular complexity index is 3900. The molecule has 14 rings (SSSR count). The molecule has 0 amide bonds. The molecule has 0 saturated carbocycles. The van der Waals surface area contributed by atoms with Gasteiger partial charge < -0.3 is 13.7 Å². The first-order valence-corrected chi connectivity index (χ1v) is 23.2. The predicted molar refractivity (Wildman–Crippen MR) is 272 cm³/mol. The van der Waals surface area contributed by atoms with Gasteiger partial charge in [0.2, 0.25) is 0 Å². The van der Waals surface area contributed by atoms with Crippen molar-refractivity contribution in [1.82, 2.24) is 4.98 Å². The second-order valence-electron chi connectivity index (χ2n) is 20.2. The van der Waals surface area contributed by atoms with Crippen molar-refractivity contribution in [2.75, 3.05) is 4.90 Å². The molecule has 66 heavy (non-hydrogen) atoms. The molecule has 3 aliphatic rings. The molecule has 0 bridgehead atoms. The highest BCUT2D eigenvalue weighted by molar-refractivity contribution is 6.21. The second kappa shape index (κ2) is 12.8. The molecular formula is C62H46N2O2. The van der Waals surface area contributed by atoms with Gasteiger partial charge in [0.05, 0.1) is 11.9 Å². The first kappa shape index (κ1) is 37.7. The van der Waals surface area contributed by atoms with Gasteiger partial charge >= 0.3 is 0 Å². The third-order valence-corrected chi connectivity index (χ3v) is 15.7. The van der Waals surface area contributed by atoms with Crippen LogP contribution in [0.1, 0.15) is 74.9 Å². The zero-order valence-electron chi connectivity index (χ0n) is 37.9. The largest absolute Gasteiger partial charge is 0.455 e. The van der Waals surface area contributed by atoms with Gasteiger partial charge in [-0.05, 0) is 121 Å². The standard InChI is InChI=1S/C62H46N2O2/c1-60(2)46-31-36(26-28-40(46)51-48(60)33-44(35-17-8-7-9-18-35)58-53(51)42-21-11-14-24-49(42)65-58)64(38-19-16-30-63-34-38)37-27-29-41-47(32-37)62(5,6)56-52(41)54-43-22-12-15-25-50(43)66-59(54)55-39-20-10-13-23-45(39)61(3,4)57(55)56/h7-34H,1-6H3. The molecule has 3 aromatic heterocycles. The molecule has 3 heterocycles. The van der Waals surface area contributed by atoms with E-state index in [0.29, 0.717) is 0 Å². The van der Waals surface area contributed by atoms with Crippen LogP contribution in [-0.2, 0) is 16.2 Å². The molecule has 0 aliphatic heterocycles. The van der Waals surface area contributed by atoms with Gasteiger partial charge in [0.15, 0.2) is 0 Å². The molecule has 4 nitrogen and oxygen atoms in total. The highest BCUT2D eigenvalue weighted by Gasteiger charge is 2.49. The van der Waals surface area contributed by atoms with Crippen molar-refractivity contribution >= 4 is 60.9 Å². The molecule has 3 aliphatic carbocycles. The minimum Gasteiger partial charge on any atom is -0.455 e. The summed E-state index contributed by atoms with van der Waals surface area (Å²) < 4.78 is 13.7. The van der Waals surface area contributed by atoms with E-state index in [0.717, 1.165) is 61.3 Å². The second-order valence-corrected chi connectivity index (χ2v) is 20.2. The smallest absolute Gasteiger partial charge is 0.144 e. The van der Waals surface area contributed by atoms with Crippen molar-refractivity contribution in [2.45, 2.75) is 57.8 Å². The molecule has 316 valence electrons. The maximum atomic E-state index is 6.96. The van der Waals surface area contributed by atoms with Gasteiger partial charge in [-0.25, -0.2) is 0 Å². The molecule has 0 atom stereocenters. The molecular weight excluding hydrogens is 805 g/mol. The van der Waals surface area contributed by atoms with Crippen molar-refractivity contribution in [2.24, 2.45) is 0 Å². The number of para-hydroxylation sites is 2. The van der Waals surface area contributed by atoms with Gasteiger partial charge in [-0.15, -0.1) is 0 Å². The summed E-state index contributed by atoms with van der Waals surface area (Å²) in [7, 11) is 0. The summed E-state index contributed by atoms with van der Waals surface area (Å²) in [6.07, 6.45) is 3.85. The molecule has 0 unspecified atom stereocenters. The van der Waals surface area contributed by atoms with Gasteiger partial charge in [-0.2, -0.15) is 0 Å². The average molecular weight is 851 g/mol. The van der Waals surface area contributed by atoms with Crippen LogP contribution in [0, 0.1) is 0 Å². The van der Waals surface area contributed by atoms with Crippen LogP contribution in [0.5, 0.6) is 0 Å². The predicted octanol–water partition coefficient (Wildman–Crippen LogP) is 16.9. The molecule has 0 N–H and O–H groups in total. The fraction of sp³-hybridized carbons (Fsp3) is 0.145. The zero-order chi connectivity index (χ0) is 44.4. The quantitative estimate of drug-likeness (QED) is 0.177. The Hall–Kier alpha value is -7.69. The Morgan fingerprint density at radius 1 is 0.409 bits per heavy atom. The zero-order valence-corrected chi connectivity index (χ0v) is 37.9. The van der Waals surface area contributed by atoms with E-state index in [2.05, 4.69) is 203 Å². The van der Waals surface area contributed by atoms with Gasteiger partial charge in [0, 0.05) is 66.5 Å². The third kappa shape index (κ3) is 4.71. The molecule has 4 heteroatoms. The fourth-order valence-corrected chi connectivity index (χ4v) is 12.6. The van der Waals surface area contributed by atoms with Gasteiger partial charge in [0.25, 0.3) is 0 Å². The maximum absolute atomic E-state index is 6.96. The summed E-state index contributed by atoms with van der Waals surface area (Å²) in [6.45, 7) is 14.4. The van der Waals surface area contributed by atoms with Crippen LogP contribution in [0.2, 0.25) is 0 Å². The molecule has 8 aromatic carbocycles. The van der Waals surface area contributed by atoms with Crippen LogP contribution in [0.25, 0.3) is 88.4 Å². The lowest BCUT2D eigenvalue weighted by Crippen LogP contribution is -2.24. The number of benzene rings is 8. The lowest BCUT2D eigenvalue weighted by atomic mass is 9.72. The Balaban J connectivity index is 0.984. The SMILES string of the molecule is CC1(C)c2cc(N(c3cccnc3)c3ccc4c(c3)C(C)(C)c3c5c(c6oc7ccccc7c6c3-4)-c3ccccc3C5(C)C)ccc2-c2c1cc(-c1ccccc1)c1oc3ccccc3c21.